The van der Waals surface area contributed by atoms with Gasteiger partial charge in [0.25, 0.3) is 11.1 Å². The summed E-state index contributed by atoms with van der Waals surface area (Å²) in [5.74, 6) is 0.354. The third kappa shape index (κ3) is 4.00. The molecule has 1 saturated heterocycles. The molecule has 0 bridgehead atoms. The molecular formula is C18H13Cl2NO3S. The fraction of sp³-hybridized carbons (Fsp3) is 0.111. The number of nitrogens with zero attached hydrogens (tertiary/aromatic N) is 1. The van der Waals surface area contributed by atoms with Crippen molar-refractivity contribution in [1.29, 1.82) is 0 Å². The van der Waals surface area contributed by atoms with Crippen LogP contribution in [0.25, 0.3) is 6.08 Å². The van der Waals surface area contributed by atoms with E-state index in [-0.39, 0.29) is 17.7 Å². The zero-order chi connectivity index (χ0) is 18.0. The Morgan fingerprint density at radius 3 is 2.64 bits per heavy atom. The van der Waals surface area contributed by atoms with Crippen LogP contribution < -0.4 is 4.74 Å². The predicted molar refractivity (Wildman–Crippen MR) is 101 cm³/mol. The summed E-state index contributed by atoms with van der Waals surface area (Å²) in [7, 11) is 1.57. The highest BCUT2D eigenvalue weighted by molar-refractivity contribution is 8.18. The Hall–Kier alpha value is -1.95. The normalized spacial score (nSPS) is 16.0. The van der Waals surface area contributed by atoms with E-state index in [1.807, 2.05) is 18.2 Å². The number of ether oxygens (including phenoxy) is 1. The smallest absolute Gasteiger partial charge is 0.293 e. The molecule has 7 heteroatoms. The molecule has 1 fully saturated rings. The number of methoxy groups -OCH3 is 1. The molecule has 1 aliphatic heterocycles. The van der Waals surface area contributed by atoms with Crippen molar-refractivity contribution < 1.29 is 14.3 Å². The molecule has 0 atom stereocenters. The van der Waals surface area contributed by atoms with Crippen molar-refractivity contribution in [2.45, 2.75) is 6.54 Å². The SMILES string of the molecule is COc1cccc(/C=C2\SC(=O)N(Cc3ccc(Cl)c(Cl)c3)C2=O)c1. The summed E-state index contributed by atoms with van der Waals surface area (Å²) in [4.78, 5) is 26.3. The molecule has 0 N–H and O–H groups in total. The summed E-state index contributed by atoms with van der Waals surface area (Å²) in [6.07, 6.45) is 1.68. The van der Waals surface area contributed by atoms with Gasteiger partial charge >= 0.3 is 0 Å². The van der Waals surface area contributed by atoms with Gasteiger partial charge < -0.3 is 4.74 Å². The number of benzene rings is 2. The first-order chi connectivity index (χ1) is 12.0. The topological polar surface area (TPSA) is 46.6 Å². The van der Waals surface area contributed by atoms with Gasteiger partial charge in [0.1, 0.15) is 5.75 Å². The first kappa shape index (κ1) is 17.9. The molecule has 2 aromatic carbocycles. The molecule has 1 aliphatic rings. The molecule has 0 spiro atoms. The fourth-order valence-electron chi connectivity index (χ4n) is 2.34. The van der Waals surface area contributed by atoms with Gasteiger partial charge in [0.15, 0.2) is 0 Å². The lowest BCUT2D eigenvalue weighted by Crippen LogP contribution is -2.27. The van der Waals surface area contributed by atoms with Crippen LogP contribution in [-0.2, 0) is 11.3 Å². The lowest BCUT2D eigenvalue weighted by Gasteiger charge is -2.12. The highest BCUT2D eigenvalue weighted by Gasteiger charge is 2.35. The van der Waals surface area contributed by atoms with Crippen LogP contribution in [0.5, 0.6) is 5.75 Å². The molecule has 0 aromatic heterocycles. The second-order valence-corrected chi connectivity index (χ2v) is 7.10. The average molecular weight is 394 g/mol. The Balaban J connectivity index is 1.81. The van der Waals surface area contributed by atoms with Crippen molar-refractivity contribution in [3.8, 4) is 5.75 Å². The van der Waals surface area contributed by atoms with Gasteiger partial charge in [-0.2, -0.15) is 0 Å². The minimum atomic E-state index is -0.330. The van der Waals surface area contributed by atoms with E-state index < -0.39 is 0 Å². The Morgan fingerprint density at radius 1 is 1.12 bits per heavy atom. The molecule has 3 rings (SSSR count). The molecule has 0 radical (unpaired) electrons. The van der Waals surface area contributed by atoms with Crippen molar-refractivity contribution >= 4 is 52.2 Å². The first-order valence-electron chi connectivity index (χ1n) is 7.31. The van der Waals surface area contributed by atoms with E-state index in [1.165, 1.54) is 4.90 Å². The summed E-state index contributed by atoms with van der Waals surface area (Å²) in [6, 6.07) is 12.3. The molecule has 1 heterocycles. The molecule has 0 unspecified atom stereocenters. The number of hydrogen-bond acceptors (Lipinski definition) is 4. The van der Waals surface area contributed by atoms with Crippen molar-refractivity contribution in [2.24, 2.45) is 0 Å². The van der Waals surface area contributed by atoms with Gasteiger partial charge in [-0.05, 0) is 53.2 Å². The van der Waals surface area contributed by atoms with Gasteiger partial charge in [-0.1, -0.05) is 41.4 Å². The maximum atomic E-state index is 12.6. The quantitative estimate of drug-likeness (QED) is 0.666. The van der Waals surface area contributed by atoms with Crippen molar-refractivity contribution in [3.63, 3.8) is 0 Å². The van der Waals surface area contributed by atoms with Gasteiger partial charge in [-0.25, -0.2) is 0 Å². The van der Waals surface area contributed by atoms with E-state index in [4.69, 9.17) is 27.9 Å². The molecule has 2 amide bonds. The summed E-state index contributed by atoms with van der Waals surface area (Å²) < 4.78 is 5.17. The van der Waals surface area contributed by atoms with E-state index in [1.54, 1.807) is 37.5 Å². The minimum absolute atomic E-state index is 0.150. The molecular weight excluding hydrogens is 381 g/mol. The van der Waals surface area contributed by atoms with E-state index >= 15 is 0 Å². The van der Waals surface area contributed by atoms with E-state index in [0.29, 0.717) is 20.7 Å². The maximum absolute atomic E-state index is 12.6. The maximum Gasteiger partial charge on any atom is 0.293 e. The van der Waals surface area contributed by atoms with Gasteiger partial charge in [0.05, 0.1) is 28.6 Å². The first-order valence-corrected chi connectivity index (χ1v) is 8.88. The number of carbonyl (C=O) groups is 2. The number of hydrogen-bond donors (Lipinski definition) is 0. The number of carbonyl (C=O) groups excluding carboxylic acids is 2. The Labute approximate surface area is 159 Å². The highest BCUT2D eigenvalue weighted by atomic mass is 35.5. The fourth-order valence-corrected chi connectivity index (χ4v) is 3.50. The van der Waals surface area contributed by atoms with Crippen LogP contribution in [0.2, 0.25) is 10.0 Å². The number of rotatable bonds is 4. The van der Waals surface area contributed by atoms with Crippen LogP contribution in [0.4, 0.5) is 4.79 Å². The van der Waals surface area contributed by atoms with E-state index in [9.17, 15) is 9.59 Å². The zero-order valence-electron chi connectivity index (χ0n) is 13.2. The van der Waals surface area contributed by atoms with E-state index in [0.717, 1.165) is 22.9 Å². The summed E-state index contributed by atoms with van der Waals surface area (Å²) in [5.41, 5.74) is 1.53. The van der Waals surface area contributed by atoms with Crippen molar-refractivity contribution in [3.05, 3.63) is 68.5 Å². The van der Waals surface area contributed by atoms with Gasteiger partial charge in [-0.15, -0.1) is 0 Å². The lowest BCUT2D eigenvalue weighted by molar-refractivity contribution is -0.123. The summed E-state index contributed by atoms with van der Waals surface area (Å²) in [6.45, 7) is 0.150. The van der Waals surface area contributed by atoms with Crippen LogP contribution in [-0.4, -0.2) is 23.2 Å². The average Bonchev–Trinajstić information content (AvgIpc) is 2.86. The standard InChI is InChI=1S/C18H13Cl2NO3S/c1-24-13-4-2-3-11(7-13)9-16-17(22)21(18(23)25-16)10-12-5-6-14(19)15(20)8-12/h2-9H,10H2,1H3/b16-9-. The molecule has 25 heavy (non-hydrogen) atoms. The summed E-state index contributed by atoms with van der Waals surface area (Å²) >= 11 is 12.8. The third-order valence-corrected chi connectivity index (χ3v) is 5.24. The molecule has 128 valence electrons. The molecule has 2 aromatic rings. The largest absolute Gasteiger partial charge is 0.497 e. The molecule has 0 saturated carbocycles. The van der Waals surface area contributed by atoms with Crippen molar-refractivity contribution in [1.82, 2.24) is 4.90 Å². The van der Waals surface area contributed by atoms with Gasteiger partial charge in [-0.3, -0.25) is 14.5 Å². The number of amides is 2. The molecule has 4 nitrogen and oxygen atoms in total. The highest BCUT2D eigenvalue weighted by Crippen LogP contribution is 2.34. The summed E-state index contributed by atoms with van der Waals surface area (Å²) in [5, 5.41) is 0.501. The van der Waals surface area contributed by atoms with Crippen LogP contribution >= 0.6 is 35.0 Å². The zero-order valence-corrected chi connectivity index (χ0v) is 15.5. The second-order valence-electron chi connectivity index (χ2n) is 5.29. The predicted octanol–water partition coefficient (Wildman–Crippen LogP) is 5.24. The minimum Gasteiger partial charge on any atom is -0.497 e. The third-order valence-electron chi connectivity index (χ3n) is 3.59. The second kappa shape index (κ2) is 7.52. The van der Waals surface area contributed by atoms with Gasteiger partial charge in [0.2, 0.25) is 0 Å². The number of thioether (sulfide) groups is 1. The monoisotopic (exact) mass is 393 g/mol. The number of imide groups is 1. The van der Waals surface area contributed by atoms with Crippen LogP contribution in [0, 0.1) is 0 Å². The van der Waals surface area contributed by atoms with E-state index in [2.05, 4.69) is 0 Å². The Bertz CT molecular complexity index is 882. The van der Waals surface area contributed by atoms with Crippen LogP contribution in [0.1, 0.15) is 11.1 Å². The van der Waals surface area contributed by atoms with Gasteiger partial charge in [0, 0.05) is 0 Å². The lowest BCUT2D eigenvalue weighted by atomic mass is 10.2. The Morgan fingerprint density at radius 2 is 1.92 bits per heavy atom. The van der Waals surface area contributed by atoms with Crippen LogP contribution in [0.15, 0.2) is 47.4 Å². The molecule has 0 aliphatic carbocycles. The van der Waals surface area contributed by atoms with Crippen LogP contribution in [0.3, 0.4) is 0 Å². The number of halogens is 2. The van der Waals surface area contributed by atoms with Crippen molar-refractivity contribution in [2.75, 3.05) is 7.11 Å². The Kier molecular flexibility index (Phi) is 5.37.